The van der Waals surface area contributed by atoms with Gasteiger partial charge in [-0.25, -0.2) is 9.37 Å². The Labute approximate surface area is 214 Å². The van der Waals surface area contributed by atoms with Crippen molar-refractivity contribution in [2.75, 3.05) is 13.1 Å². The molecule has 0 radical (unpaired) electrons. The molecule has 0 saturated carbocycles. The molecule has 7 nitrogen and oxygen atoms in total. The largest absolute Gasteiger partial charge is 0.337 e. The molecule has 1 fully saturated rings. The van der Waals surface area contributed by atoms with Gasteiger partial charge in [-0.15, -0.1) is 11.3 Å². The van der Waals surface area contributed by atoms with Crippen molar-refractivity contribution >= 4 is 33.3 Å². The molecule has 2 N–H and O–H groups in total. The van der Waals surface area contributed by atoms with Crippen LogP contribution in [0.15, 0.2) is 55.0 Å². The molecule has 7 rings (SSSR count). The highest BCUT2D eigenvalue weighted by Gasteiger charge is 2.19. The number of likely N-dealkylation sites (tertiary alicyclic amines) is 1. The number of nitrogens with one attached hydrogen (secondary N) is 2. The highest BCUT2D eigenvalue weighted by Crippen LogP contribution is 2.35. The van der Waals surface area contributed by atoms with Gasteiger partial charge in [-0.1, -0.05) is 0 Å². The van der Waals surface area contributed by atoms with E-state index in [1.54, 1.807) is 24.5 Å². The number of thiophene rings is 1. The SMILES string of the molecule is Fc1ccc(-c2nccc3[nH]c(-c4[nH]nc5c(F)cc(-c6cncc(CN7CCCC7)c6)cc45)nc23)s1. The van der Waals surface area contributed by atoms with E-state index in [1.165, 1.54) is 25.0 Å². The zero-order chi connectivity index (χ0) is 24.9. The third-order valence-electron chi connectivity index (χ3n) is 6.79. The standard InChI is InChI=1S/C27H21F2N7S/c28-19-11-16(17-9-15(12-30-13-17)14-36-7-1-2-8-36)10-18-23(19)34-35-24(18)27-32-20-5-6-31-26(25(20)33-27)21-3-4-22(29)37-21/h3-6,9-13H,1-2,7-8,14H2,(H,32,33)(H,34,35). The van der Waals surface area contributed by atoms with E-state index < -0.39 is 5.82 Å². The number of benzene rings is 1. The van der Waals surface area contributed by atoms with Crippen LogP contribution in [-0.4, -0.2) is 48.1 Å². The number of nitrogens with zero attached hydrogens (tertiary/aromatic N) is 5. The maximum atomic E-state index is 15.2. The number of rotatable bonds is 5. The molecule has 0 aliphatic carbocycles. The lowest BCUT2D eigenvalue weighted by molar-refractivity contribution is 0.331. The fourth-order valence-corrected chi connectivity index (χ4v) is 5.76. The summed E-state index contributed by atoms with van der Waals surface area (Å²) in [5.74, 6) is 0.0775. The van der Waals surface area contributed by atoms with Crippen LogP contribution in [0.4, 0.5) is 8.78 Å². The maximum absolute atomic E-state index is 15.2. The minimum atomic E-state index is -0.424. The maximum Gasteiger partial charge on any atom is 0.177 e. The van der Waals surface area contributed by atoms with Crippen molar-refractivity contribution in [3.63, 3.8) is 0 Å². The first kappa shape index (κ1) is 22.2. The van der Waals surface area contributed by atoms with Crippen LogP contribution in [0.2, 0.25) is 0 Å². The normalized spacial score (nSPS) is 14.3. The monoisotopic (exact) mass is 513 g/mol. The number of aromatic nitrogens is 6. The van der Waals surface area contributed by atoms with Crippen LogP contribution < -0.4 is 0 Å². The van der Waals surface area contributed by atoms with Crippen LogP contribution in [0, 0.1) is 10.9 Å². The first-order valence-corrected chi connectivity index (χ1v) is 12.9. The van der Waals surface area contributed by atoms with Gasteiger partial charge in [0.25, 0.3) is 0 Å². The molecule has 0 spiro atoms. The van der Waals surface area contributed by atoms with E-state index in [2.05, 4.69) is 36.1 Å². The van der Waals surface area contributed by atoms with Crippen LogP contribution in [-0.2, 0) is 6.54 Å². The number of aromatic amines is 2. The summed E-state index contributed by atoms with van der Waals surface area (Å²) in [6, 6.07) is 10.4. The highest BCUT2D eigenvalue weighted by atomic mass is 32.1. The molecule has 10 heteroatoms. The second-order valence-electron chi connectivity index (χ2n) is 9.26. The van der Waals surface area contributed by atoms with Gasteiger partial charge in [0.1, 0.15) is 22.4 Å². The van der Waals surface area contributed by atoms with Gasteiger partial charge in [0.2, 0.25) is 0 Å². The molecule has 6 aromatic rings. The van der Waals surface area contributed by atoms with E-state index in [0.29, 0.717) is 33.0 Å². The molecule has 5 aromatic heterocycles. The average molecular weight is 514 g/mol. The summed E-state index contributed by atoms with van der Waals surface area (Å²) in [6.45, 7) is 3.03. The lowest BCUT2D eigenvalue weighted by Gasteiger charge is -2.14. The molecule has 1 aliphatic heterocycles. The molecule has 0 amide bonds. The molecule has 0 unspecified atom stereocenters. The van der Waals surface area contributed by atoms with Crippen molar-refractivity contribution in [1.29, 1.82) is 0 Å². The first-order chi connectivity index (χ1) is 18.1. The van der Waals surface area contributed by atoms with Gasteiger partial charge in [-0.2, -0.15) is 9.49 Å². The Kier molecular flexibility index (Phi) is 5.29. The molecular formula is C27H21F2N7S. The quantitative estimate of drug-likeness (QED) is 0.288. The Morgan fingerprint density at radius 3 is 2.70 bits per heavy atom. The first-order valence-electron chi connectivity index (χ1n) is 12.1. The summed E-state index contributed by atoms with van der Waals surface area (Å²) < 4.78 is 28.9. The Morgan fingerprint density at radius 1 is 0.973 bits per heavy atom. The zero-order valence-electron chi connectivity index (χ0n) is 19.6. The fraction of sp³-hybridized carbons (Fsp3) is 0.185. The predicted molar refractivity (Wildman–Crippen MR) is 140 cm³/mol. The topological polar surface area (TPSA) is 86.4 Å². The van der Waals surface area contributed by atoms with Crippen molar-refractivity contribution in [3.8, 4) is 33.2 Å². The summed E-state index contributed by atoms with van der Waals surface area (Å²) in [5.41, 5.74) is 5.41. The van der Waals surface area contributed by atoms with Crippen molar-refractivity contribution in [2.45, 2.75) is 19.4 Å². The second-order valence-corrected chi connectivity index (χ2v) is 10.3. The average Bonchev–Trinajstić information content (AvgIpc) is 3.70. The second kappa shape index (κ2) is 8.82. The van der Waals surface area contributed by atoms with Crippen LogP contribution in [0.1, 0.15) is 18.4 Å². The van der Waals surface area contributed by atoms with Crippen LogP contribution in [0.5, 0.6) is 0 Å². The molecule has 6 heterocycles. The molecule has 1 aromatic carbocycles. The lowest BCUT2D eigenvalue weighted by atomic mass is 10.0. The minimum absolute atomic E-state index is 0.235. The third-order valence-corrected chi connectivity index (χ3v) is 7.67. The van der Waals surface area contributed by atoms with Gasteiger partial charge in [0.15, 0.2) is 16.8 Å². The van der Waals surface area contributed by atoms with E-state index in [9.17, 15) is 4.39 Å². The van der Waals surface area contributed by atoms with Crippen molar-refractivity contribution in [2.24, 2.45) is 0 Å². The Morgan fingerprint density at radius 2 is 1.86 bits per heavy atom. The molecule has 37 heavy (non-hydrogen) atoms. The van der Waals surface area contributed by atoms with Gasteiger partial charge in [-0.3, -0.25) is 20.0 Å². The van der Waals surface area contributed by atoms with Crippen molar-refractivity contribution in [1.82, 2.24) is 35.0 Å². The summed E-state index contributed by atoms with van der Waals surface area (Å²) >= 11 is 1.02. The lowest BCUT2D eigenvalue weighted by Crippen LogP contribution is -2.18. The number of H-pyrrole nitrogens is 2. The summed E-state index contributed by atoms with van der Waals surface area (Å²) in [5, 5.41) is 7.49. The van der Waals surface area contributed by atoms with Crippen molar-refractivity contribution in [3.05, 3.63) is 71.5 Å². The van der Waals surface area contributed by atoms with Crippen LogP contribution in [0.3, 0.4) is 0 Å². The Balaban J connectivity index is 1.31. The number of halogens is 2. The smallest absolute Gasteiger partial charge is 0.177 e. The number of fused-ring (bicyclic) bond motifs is 2. The number of imidazole rings is 1. The Hall–Kier alpha value is -4.02. The van der Waals surface area contributed by atoms with Gasteiger partial charge in [-0.05, 0) is 73.5 Å². The predicted octanol–water partition coefficient (Wildman–Crippen LogP) is 6.17. The van der Waals surface area contributed by atoms with Crippen LogP contribution in [0.25, 0.3) is 55.2 Å². The van der Waals surface area contributed by atoms with Gasteiger partial charge in [0, 0.05) is 36.1 Å². The summed E-state index contributed by atoms with van der Waals surface area (Å²) in [4.78, 5) is 20.0. The molecule has 184 valence electrons. The van der Waals surface area contributed by atoms with E-state index in [-0.39, 0.29) is 10.6 Å². The van der Waals surface area contributed by atoms with E-state index in [1.807, 2.05) is 12.3 Å². The molecule has 0 bridgehead atoms. The van der Waals surface area contributed by atoms with Gasteiger partial charge >= 0.3 is 0 Å². The molecule has 1 saturated heterocycles. The fourth-order valence-electron chi connectivity index (χ4n) is 5.03. The van der Waals surface area contributed by atoms with Gasteiger partial charge < -0.3 is 4.98 Å². The summed E-state index contributed by atoms with van der Waals surface area (Å²) in [7, 11) is 0. The third kappa shape index (κ3) is 3.98. The van der Waals surface area contributed by atoms with E-state index >= 15 is 4.39 Å². The number of hydrogen-bond acceptors (Lipinski definition) is 6. The molecule has 1 aliphatic rings. The van der Waals surface area contributed by atoms with E-state index in [4.69, 9.17) is 4.98 Å². The summed E-state index contributed by atoms with van der Waals surface area (Å²) in [6.07, 6.45) is 7.73. The Bertz CT molecular complexity index is 1760. The minimum Gasteiger partial charge on any atom is -0.337 e. The van der Waals surface area contributed by atoms with Gasteiger partial charge in [0.05, 0.1) is 10.4 Å². The highest BCUT2D eigenvalue weighted by molar-refractivity contribution is 7.13. The van der Waals surface area contributed by atoms with E-state index in [0.717, 1.165) is 53.2 Å². The molecule has 0 atom stereocenters. The number of pyridine rings is 2. The van der Waals surface area contributed by atoms with Crippen LogP contribution >= 0.6 is 11.3 Å². The molecular weight excluding hydrogens is 492 g/mol. The number of hydrogen-bond donors (Lipinski definition) is 2. The van der Waals surface area contributed by atoms with Crippen molar-refractivity contribution < 1.29 is 8.78 Å². The zero-order valence-corrected chi connectivity index (χ0v) is 20.4.